The number of rotatable bonds is 5. The van der Waals surface area contributed by atoms with Gasteiger partial charge in [0.25, 0.3) is 0 Å². The molecule has 2 rings (SSSR count). The van der Waals surface area contributed by atoms with Crippen LogP contribution in [0.1, 0.15) is 17.4 Å². The molecule has 0 saturated carbocycles. The Hall–Kier alpha value is -1.68. The third kappa shape index (κ3) is 4.48. The zero-order chi connectivity index (χ0) is 13.7. The Kier molecular flexibility index (Phi) is 4.68. The molecule has 1 amide bonds. The normalized spacial score (nSPS) is 12.1. The predicted octanol–water partition coefficient (Wildman–Crippen LogP) is 3.18. The van der Waals surface area contributed by atoms with E-state index in [9.17, 15) is 9.18 Å². The molecule has 1 unspecified atom stereocenters. The van der Waals surface area contributed by atoms with Crippen LogP contribution in [-0.4, -0.2) is 11.9 Å². The summed E-state index contributed by atoms with van der Waals surface area (Å²) >= 11 is 1.68. The van der Waals surface area contributed by atoms with Gasteiger partial charge in [-0.3, -0.25) is 4.79 Å². The highest BCUT2D eigenvalue weighted by Gasteiger charge is 2.09. The van der Waals surface area contributed by atoms with E-state index in [1.54, 1.807) is 23.5 Å². The zero-order valence-electron chi connectivity index (χ0n) is 10.7. The Morgan fingerprint density at radius 1 is 1.37 bits per heavy atom. The largest absolute Gasteiger partial charge is 0.353 e. The Morgan fingerprint density at radius 3 is 2.89 bits per heavy atom. The number of hydrogen-bond acceptors (Lipinski definition) is 2. The van der Waals surface area contributed by atoms with Gasteiger partial charge in [0.15, 0.2) is 0 Å². The van der Waals surface area contributed by atoms with Crippen LogP contribution in [0.2, 0.25) is 0 Å². The molecule has 0 bridgehead atoms. The van der Waals surface area contributed by atoms with Gasteiger partial charge in [0, 0.05) is 17.3 Å². The number of carbonyl (C=O) groups excluding carboxylic acids is 1. The van der Waals surface area contributed by atoms with Crippen LogP contribution >= 0.6 is 11.3 Å². The summed E-state index contributed by atoms with van der Waals surface area (Å²) in [4.78, 5) is 13.1. The number of hydrogen-bond donors (Lipinski definition) is 1. The molecule has 0 aliphatic rings. The summed E-state index contributed by atoms with van der Waals surface area (Å²) in [6.45, 7) is 1.98. The van der Waals surface area contributed by atoms with E-state index < -0.39 is 0 Å². The molecule has 0 saturated heterocycles. The minimum absolute atomic E-state index is 0.0744. The van der Waals surface area contributed by atoms with Crippen LogP contribution in [0.25, 0.3) is 0 Å². The van der Waals surface area contributed by atoms with Gasteiger partial charge in [0.1, 0.15) is 5.82 Å². The highest BCUT2D eigenvalue weighted by atomic mass is 32.1. The van der Waals surface area contributed by atoms with Crippen LogP contribution in [-0.2, 0) is 17.6 Å². The van der Waals surface area contributed by atoms with Gasteiger partial charge in [-0.2, -0.15) is 0 Å². The summed E-state index contributed by atoms with van der Waals surface area (Å²) in [5.74, 6) is -0.383. The highest BCUT2D eigenvalue weighted by Crippen LogP contribution is 2.11. The van der Waals surface area contributed by atoms with Gasteiger partial charge in [-0.05, 0) is 36.1 Å². The van der Waals surface area contributed by atoms with Crippen molar-refractivity contribution in [2.24, 2.45) is 0 Å². The van der Waals surface area contributed by atoms with Gasteiger partial charge in [-0.1, -0.05) is 18.2 Å². The Morgan fingerprint density at radius 2 is 2.21 bits per heavy atom. The van der Waals surface area contributed by atoms with Crippen molar-refractivity contribution in [2.45, 2.75) is 25.8 Å². The fourth-order valence-corrected chi connectivity index (χ4v) is 2.77. The molecular formula is C15H16FNOS. The van der Waals surface area contributed by atoms with Crippen LogP contribution in [0.5, 0.6) is 0 Å². The van der Waals surface area contributed by atoms with Crippen LogP contribution < -0.4 is 5.32 Å². The number of nitrogens with one attached hydrogen (secondary N) is 1. The predicted molar refractivity (Wildman–Crippen MR) is 75.7 cm³/mol. The molecule has 2 nitrogen and oxygen atoms in total. The number of thiophene rings is 1. The number of benzene rings is 1. The first-order valence-corrected chi connectivity index (χ1v) is 7.07. The van der Waals surface area contributed by atoms with E-state index in [0.717, 1.165) is 6.42 Å². The standard InChI is InChI=1S/C15H16FNOS/c1-11(8-14-6-3-7-19-14)17-15(18)10-12-4-2-5-13(16)9-12/h2-7,9,11H,8,10H2,1H3,(H,17,18). The van der Waals surface area contributed by atoms with Crippen LogP contribution in [0.4, 0.5) is 4.39 Å². The molecule has 1 aromatic carbocycles. The average molecular weight is 277 g/mol. The Balaban J connectivity index is 1.84. The summed E-state index contributed by atoms with van der Waals surface area (Å²) in [7, 11) is 0. The van der Waals surface area contributed by atoms with Crippen molar-refractivity contribution in [3.63, 3.8) is 0 Å². The zero-order valence-corrected chi connectivity index (χ0v) is 11.5. The van der Waals surface area contributed by atoms with Crippen LogP contribution in [0, 0.1) is 5.82 Å². The van der Waals surface area contributed by atoms with Crippen molar-refractivity contribution in [1.82, 2.24) is 5.32 Å². The van der Waals surface area contributed by atoms with Gasteiger partial charge in [-0.15, -0.1) is 11.3 Å². The summed E-state index contributed by atoms with van der Waals surface area (Å²) in [6.07, 6.45) is 1.04. The SMILES string of the molecule is CC(Cc1cccs1)NC(=O)Cc1cccc(F)c1. The molecule has 2 aromatic rings. The topological polar surface area (TPSA) is 29.1 Å². The molecule has 0 spiro atoms. The van der Waals surface area contributed by atoms with Gasteiger partial charge in [-0.25, -0.2) is 4.39 Å². The third-order valence-electron chi connectivity index (χ3n) is 2.75. The fraction of sp³-hybridized carbons (Fsp3) is 0.267. The van der Waals surface area contributed by atoms with Gasteiger partial charge >= 0.3 is 0 Å². The van der Waals surface area contributed by atoms with E-state index >= 15 is 0 Å². The summed E-state index contributed by atoms with van der Waals surface area (Å²) in [6, 6.07) is 10.3. The number of carbonyl (C=O) groups is 1. The lowest BCUT2D eigenvalue weighted by Crippen LogP contribution is -2.34. The van der Waals surface area contributed by atoms with Crippen LogP contribution in [0.15, 0.2) is 41.8 Å². The van der Waals surface area contributed by atoms with E-state index in [2.05, 4.69) is 11.4 Å². The molecule has 19 heavy (non-hydrogen) atoms. The second-order valence-corrected chi connectivity index (χ2v) is 5.59. The maximum absolute atomic E-state index is 13.0. The summed E-state index contributed by atoms with van der Waals surface area (Å²) in [5, 5.41) is 4.96. The van der Waals surface area contributed by atoms with E-state index in [0.29, 0.717) is 5.56 Å². The molecule has 0 radical (unpaired) electrons. The van der Waals surface area contributed by atoms with Crippen molar-refractivity contribution in [2.75, 3.05) is 0 Å². The molecule has 1 aromatic heterocycles. The van der Waals surface area contributed by atoms with Gasteiger partial charge in [0.2, 0.25) is 5.91 Å². The molecular weight excluding hydrogens is 261 g/mol. The molecule has 0 aliphatic heterocycles. The van der Waals surface area contributed by atoms with Gasteiger partial charge in [0.05, 0.1) is 6.42 Å². The van der Waals surface area contributed by atoms with Crippen LogP contribution in [0.3, 0.4) is 0 Å². The maximum atomic E-state index is 13.0. The van der Waals surface area contributed by atoms with E-state index in [4.69, 9.17) is 0 Å². The summed E-state index contributed by atoms with van der Waals surface area (Å²) < 4.78 is 13.0. The monoisotopic (exact) mass is 277 g/mol. The first-order chi connectivity index (χ1) is 9.13. The lowest BCUT2D eigenvalue weighted by Gasteiger charge is -2.13. The minimum atomic E-state index is -0.308. The molecule has 0 aliphatic carbocycles. The lowest BCUT2D eigenvalue weighted by atomic mass is 10.1. The van der Waals surface area contributed by atoms with E-state index in [-0.39, 0.29) is 24.2 Å². The van der Waals surface area contributed by atoms with Crippen molar-refractivity contribution >= 4 is 17.2 Å². The Labute approximate surface area is 116 Å². The molecule has 1 atom stereocenters. The first kappa shape index (κ1) is 13.7. The van der Waals surface area contributed by atoms with E-state index in [1.807, 2.05) is 18.4 Å². The third-order valence-corrected chi connectivity index (χ3v) is 3.65. The second-order valence-electron chi connectivity index (χ2n) is 4.56. The van der Waals surface area contributed by atoms with Crippen molar-refractivity contribution < 1.29 is 9.18 Å². The fourth-order valence-electron chi connectivity index (χ4n) is 1.94. The number of amides is 1. The molecule has 1 heterocycles. The van der Waals surface area contributed by atoms with Crippen molar-refractivity contribution in [1.29, 1.82) is 0 Å². The Bertz CT molecular complexity index is 539. The van der Waals surface area contributed by atoms with E-state index in [1.165, 1.54) is 17.0 Å². The molecule has 1 N–H and O–H groups in total. The molecule has 100 valence electrons. The van der Waals surface area contributed by atoms with Gasteiger partial charge < -0.3 is 5.32 Å². The lowest BCUT2D eigenvalue weighted by molar-refractivity contribution is -0.121. The quantitative estimate of drug-likeness (QED) is 0.893. The molecule has 0 fully saturated rings. The highest BCUT2D eigenvalue weighted by molar-refractivity contribution is 7.09. The molecule has 4 heteroatoms. The summed E-state index contributed by atoms with van der Waals surface area (Å²) in [5.41, 5.74) is 0.695. The first-order valence-electron chi connectivity index (χ1n) is 6.19. The second kappa shape index (κ2) is 6.48. The smallest absolute Gasteiger partial charge is 0.224 e. The maximum Gasteiger partial charge on any atom is 0.224 e. The van der Waals surface area contributed by atoms with Crippen molar-refractivity contribution in [3.05, 3.63) is 58.0 Å². The number of halogens is 1. The van der Waals surface area contributed by atoms with Crippen molar-refractivity contribution in [3.8, 4) is 0 Å². The average Bonchev–Trinajstić information content (AvgIpc) is 2.81. The minimum Gasteiger partial charge on any atom is -0.353 e.